The zero-order valence-corrected chi connectivity index (χ0v) is 12.3. The molecule has 21 heavy (non-hydrogen) atoms. The Bertz CT molecular complexity index is 673. The molecule has 1 amide bonds. The maximum absolute atomic E-state index is 12.0. The summed E-state index contributed by atoms with van der Waals surface area (Å²) in [7, 11) is 0. The molecule has 3 rings (SSSR count). The smallest absolute Gasteiger partial charge is 0.408 e. The number of aromatic amines is 1. The number of halogens is 1. The van der Waals surface area contributed by atoms with Crippen molar-refractivity contribution in [3.05, 3.63) is 28.7 Å². The standard InChI is InChI=1S/C14H17N3O3.ClH/c18-13(7-9-3-5-15-6-4-9)16-10-1-2-12-11(8-10)17-14(19)20-12;/h1-2,8-9,15H,3-7H2,(H,16,18)(H,17,19);1H. The van der Waals surface area contributed by atoms with Crippen LogP contribution in [0.15, 0.2) is 27.4 Å². The summed E-state index contributed by atoms with van der Waals surface area (Å²) in [6, 6.07) is 5.12. The number of anilines is 1. The van der Waals surface area contributed by atoms with Crippen LogP contribution in [0.1, 0.15) is 19.3 Å². The Balaban J connectivity index is 0.00000161. The second-order valence-electron chi connectivity index (χ2n) is 5.17. The molecule has 2 heterocycles. The van der Waals surface area contributed by atoms with Gasteiger partial charge in [0.25, 0.3) is 0 Å². The summed E-state index contributed by atoms with van der Waals surface area (Å²) >= 11 is 0. The molecule has 0 radical (unpaired) electrons. The second-order valence-corrected chi connectivity index (χ2v) is 5.17. The van der Waals surface area contributed by atoms with E-state index in [1.807, 2.05) is 0 Å². The molecule has 1 aliphatic rings. The van der Waals surface area contributed by atoms with Crippen molar-refractivity contribution in [2.75, 3.05) is 18.4 Å². The molecule has 114 valence electrons. The Kier molecular flexibility index (Phi) is 5.03. The van der Waals surface area contributed by atoms with E-state index >= 15 is 0 Å². The number of amides is 1. The normalized spacial score (nSPS) is 15.6. The largest absolute Gasteiger partial charge is 0.417 e. The fourth-order valence-electron chi connectivity index (χ4n) is 2.59. The average Bonchev–Trinajstić information content (AvgIpc) is 2.79. The van der Waals surface area contributed by atoms with Gasteiger partial charge in [-0.1, -0.05) is 0 Å². The predicted octanol–water partition coefficient (Wildman–Crippen LogP) is 1.87. The molecule has 0 saturated carbocycles. The van der Waals surface area contributed by atoms with Crippen LogP contribution in [0.2, 0.25) is 0 Å². The monoisotopic (exact) mass is 311 g/mol. The highest BCUT2D eigenvalue weighted by molar-refractivity contribution is 5.92. The average molecular weight is 312 g/mol. The van der Waals surface area contributed by atoms with Gasteiger partial charge in [0.2, 0.25) is 5.91 Å². The topological polar surface area (TPSA) is 87.1 Å². The zero-order chi connectivity index (χ0) is 13.9. The fourth-order valence-corrected chi connectivity index (χ4v) is 2.59. The minimum Gasteiger partial charge on any atom is -0.408 e. The van der Waals surface area contributed by atoms with Crippen molar-refractivity contribution < 1.29 is 9.21 Å². The predicted molar refractivity (Wildman–Crippen MR) is 82.9 cm³/mol. The molecule has 1 saturated heterocycles. The number of carbonyl (C=O) groups excluding carboxylic acids is 1. The number of fused-ring (bicyclic) bond motifs is 1. The maximum atomic E-state index is 12.0. The third-order valence-corrected chi connectivity index (χ3v) is 3.64. The van der Waals surface area contributed by atoms with Crippen molar-refractivity contribution in [2.24, 2.45) is 5.92 Å². The van der Waals surface area contributed by atoms with E-state index in [4.69, 9.17) is 4.42 Å². The van der Waals surface area contributed by atoms with E-state index in [1.54, 1.807) is 18.2 Å². The highest BCUT2D eigenvalue weighted by Crippen LogP contribution is 2.19. The molecule has 2 aromatic rings. The summed E-state index contributed by atoms with van der Waals surface area (Å²) in [5.41, 5.74) is 1.76. The van der Waals surface area contributed by atoms with Crippen LogP contribution < -0.4 is 16.4 Å². The van der Waals surface area contributed by atoms with E-state index in [-0.39, 0.29) is 18.3 Å². The molecule has 1 fully saturated rings. The van der Waals surface area contributed by atoms with E-state index in [9.17, 15) is 9.59 Å². The molecular weight excluding hydrogens is 294 g/mol. The molecule has 0 unspecified atom stereocenters. The fraction of sp³-hybridized carbons (Fsp3) is 0.429. The molecular formula is C14H18ClN3O3. The first-order chi connectivity index (χ1) is 9.70. The van der Waals surface area contributed by atoms with Gasteiger partial charge in [0.15, 0.2) is 5.58 Å². The first kappa shape index (κ1) is 15.6. The van der Waals surface area contributed by atoms with Crippen molar-refractivity contribution in [3.63, 3.8) is 0 Å². The van der Waals surface area contributed by atoms with Gasteiger partial charge in [-0.15, -0.1) is 12.4 Å². The van der Waals surface area contributed by atoms with Crippen LogP contribution in [0.3, 0.4) is 0 Å². The van der Waals surface area contributed by atoms with Gasteiger partial charge < -0.3 is 15.1 Å². The number of hydrogen-bond donors (Lipinski definition) is 3. The Labute approximate surface area is 127 Å². The lowest BCUT2D eigenvalue weighted by atomic mass is 9.94. The van der Waals surface area contributed by atoms with Crippen LogP contribution >= 0.6 is 12.4 Å². The van der Waals surface area contributed by atoms with Crippen LogP contribution in [0.5, 0.6) is 0 Å². The number of carbonyl (C=O) groups is 1. The van der Waals surface area contributed by atoms with Crippen molar-refractivity contribution in [1.82, 2.24) is 10.3 Å². The number of H-pyrrole nitrogens is 1. The van der Waals surface area contributed by atoms with Crippen LogP contribution in [-0.4, -0.2) is 24.0 Å². The Morgan fingerprint density at radius 3 is 2.86 bits per heavy atom. The molecule has 0 spiro atoms. The summed E-state index contributed by atoms with van der Waals surface area (Å²) in [4.78, 5) is 25.6. The molecule has 0 aliphatic carbocycles. The molecule has 1 aliphatic heterocycles. The van der Waals surface area contributed by atoms with Crippen molar-refractivity contribution in [3.8, 4) is 0 Å². The maximum Gasteiger partial charge on any atom is 0.417 e. The summed E-state index contributed by atoms with van der Waals surface area (Å²) < 4.78 is 4.92. The number of nitrogens with one attached hydrogen (secondary N) is 3. The Morgan fingerprint density at radius 2 is 2.10 bits per heavy atom. The minimum absolute atomic E-state index is 0. The second kappa shape index (κ2) is 6.78. The first-order valence-electron chi connectivity index (χ1n) is 6.84. The third kappa shape index (κ3) is 3.86. The highest BCUT2D eigenvalue weighted by Gasteiger charge is 2.16. The third-order valence-electron chi connectivity index (χ3n) is 3.64. The Hall–Kier alpha value is -1.79. The molecule has 7 heteroatoms. The lowest BCUT2D eigenvalue weighted by Crippen LogP contribution is -2.30. The van der Waals surface area contributed by atoms with Crippen LogP contribution in [0.4, 0.5) is 5.69 Å². The zero-order valence-electron chi connectivity index (χ0n) is 11.5. The van der Waals surface area contributed by atoms with Gasteiger partial charge in [0, 0.05) is 12.1 Å². The number of hydrogen-bond acceptors (Lipinski definition) is 4. The van der Waals surface area contributed by atoms with Crippen molar-refractivity contribution >= 4 is 35.1 Å². The summed E-state index contributed by atoms with van der Waals surface area (Å²) in [6.07, 6.45) is 2.63. The SMILES string of the molecule is Cl.O=C(CC1CCNCC1)Nc1ccc2oc(=O)[nH]c2c1. The van der Waals surface area contributed by atoms with E-state index < -0.39 is 5.76 Å². The molecule has 6 nitrogen and oxygen atoms in total. The molecule has 1 aromatic carbocycles. The molecule has 3 N–H and O–H groups in total. The van der Waals surface area contributed by atoms with E-state index in [1.165, 1.54) is 0 Å². The van der Waals surface area contributed by atoms with Gasteiger partial charge >= 0.3 is 5.76 Å². The Morgan fingerprint density at radius 1 is 1.33 bits per heavy atom. The minimum atomic E-state index is -0.488. The van der Waals surface area contributed by atoms with Crippen molar-refractivity contribution in [2.45, 2.75) is 19.3 Å². The highest BCUT2D eigenvalue weighted by atomic mass is 35.5. The molecule has 1 aromatic heterocycles. The lowest BCUT2D eigenvalue weighted by Gasteiger charge is -2.21. The van der Waals surface area contributed by atoms with E-state index in [2.05, 4.69) is 15.6 Å². The number of benzene rings is 1. The molecule has 0 bridgehead atoms. The quantitative estimate of drug-likeness (QED) is 0.807. The van der Waals surface area contributed by atoms with Crippen molar-refractivity contribution in [1.29, 1.82) is 0 Å². The summed E-state index contributed by atoms with van der Waals surface area (Å²) in [6.45, 7) is 1.97. The van der Waals surface area contributed by atoms with Crippen LogP contribution in [0, 0.1) is 5.92 Å². The number of oxazole rings is 1. The number of piperidine rings is 1. The van der Waals surface area contributed by atoms with Gasteiger partial charge in [0.05, 0.1) is 5.52 Å². The van der Waals surface area contributed by atoms with Crippen LogP contribution in [0.25, 0.3) is 11.1 Å². The summed E-state index contributed by atoms with van der Waals surface area (Å²) in [5.74, 6) is -0.0195. The van der Waals surface area contributed by atoms with Gasteiger partial charge in [-0.05, 0) is 50.0 Å². The summed E-state index contributed by atoms with van der Waals surface area (Å²) in [5, 5.41) is 6.15. The van der Waals surface area contributed by atoms with E-state index in [0.29, 0.717) is 29.1 Å². The van der Waals surface area contributed by atoms with Crippen LogP contribution in [-0.2, 0) is 4.79 Å². The number of rotatable bonds is 3. The number of aromatic nitrogens is 1. The van der Waals surface area contributed by atoms with E-state index in [0.717, 1.165) is 25.9 Å². The lowest BCUT2D eigenvalue weighted by molar-refractivity contribution is -0.117. The molecule has 0 atom stereocenters. The van der Waals surface area contributed by atoms with Gasteiger partial charge in [-0.2, -0.15) is 0 Å². The van der Waals surface area contributed by atoms with Gasteiger partial charge in [0.1, 0.15) is 0 Å². The van der Waals surface area contributed by atoms with Gasteiger partial charge in [-0.25, -0.2) is 4.79 Å². The van der Waals surface area contributed by atoms with Gasteiger partial charge in [-0.3, -0.25) is 9.78 Å². The first-order valence-corrected chi connectivity index (χ1v) is 6.84.